The van der Waals surface area contributed by atoms with Crippen LogP contribution in [0.4, 0.5) is 5.69 Å². The fourth-order valence-electron chi connectivity index (χ4n) is 1.70. The Bertz CT molecular complexity index is 505. The van der Waals surface area contributed by atoms with Gasteiger partial charge in [0.15, 0.2) is 0 Å². The van der Waals surface area contributed by atoms with Gasteiger partial charge in [-0.25, -0.2) is 0 Å². The van der Waals surface area contributed by atoms with Crippen LogP contribution >= 0.6 is 0 Å². The molecule has 0 bridgehead atoms. The summed E-state index contributed by atoms with van der Waals surface area (Å²) in [5, 5.41) is 7.68. The molecule has 1 aromatic heterocycles. The van der Waals surface area contributed by atoms with Crippen LogP contribution in [0.1, 0.15) is 11.3 Å². The van der Waals surface area contributed by atoms with Crippen molar-refractivity contribution < 1.29 is 4.74 Å². The maximum atomic E-state index is 5.17. The van der Waals surface area contributed by atoms with Gasteiger partial charge in [-0.2, -0.15) is 5.10 Å². The van der Waals surface area contributed by atoms with Crippen LogP contribution in [0.25, 0.3) is 0 Å². The van der Waals surface area contributed by atoms with Crippen molar-refractivity contribution in [2.45, 2.75) is 13.5 Å². The fraction of sp³-hybridized carbons (Fsp3) is 0.308. The largest absolute Gasteiger partial charge is 0.497 e. The topological polar surface area (TPSA) is 39.1 Å². The average Bonchev–Trinajstić information content (AvgIpc) is 2.73. The maximum Gasteiger partial charge on any atom is 0.119 e. The number of rotatable bonds is 4. The minimum Gasteiger partial charge on any atom is -0.497 e. The molecule has 0 spiro atoms. The molecule has 1 aromatic carbocycles. The highest BCUT2D eigenvalue weighted by Gasteiger charge is 2.01. The zero-order chi connectivity index (χ0) is 12.3. The molecule has 4 heteroatoms. The second kappa shape index (κ2) is 4.91. The normalized spacial score (nSPS) is 10.3. The van der Waals surface area contributed by atoms with E-state index < -0.39 is 0 Å². The van der Waals surface area contributed by atoms with Crippen LogP contribution < -0.4 is 10.1 Å². The smallest absolute Gasteiger partial charge is 0.119 e. The lowest BCUT2D eigenvalue weighted by atomic mass is 10.2. The molecule has 0 aliphatic rings. The molecule has 0 fully saturated rings. The molecule has 2 aromatic rings. The molecule has 90 valence electrons. The molecule has 0 radical (unpaired) electrons. The van der Waals surface area contributed by atoms with E-state index in [1.165, 1.54) is 5.56 Å². The van der Waals surface area contributed by atoms with Crippen LogP contribution in [0.5, 0.6) is 5.75 Å². The van der Waals surface area contributed by atoms with E-state index in [1.807, 2.05) is 37.5 Å². The Labute approximate surface area is 101 Å². The zero-order valence-electron chi connectivity index (χ0n) is 10.4. The first-order valence-corrected chi connectivity index (χ1v) is 5.56. The van der Waals surface area contributed by atoms with Gasteiger partial charge in [-0.15, -0.1) is 0 Å². The van der Waals surface area contributed by atoms with Crippen molar-refractivity contribution in [3.05, 3.63) is 41.7 Å². The monoisotopic (exact) mass is 231 g/mol. The van der Waals surface area contributed by atoms with Gasteiger partial charge in [-0.3, -0.25) is 4.68 Å². The van der Waals surface area contributed by atoms with Crippen LogP contribution in [0.2, 0.25) is 0 Å². The Kier molecular flexibility index (Phi) is 3.32. The van der Waals surface area contributed by atoms with E-state index in [4.69, 9.17) is 4.74 Å². The summed E-state index contributed by atoms with van der Waals surface area (Å²) in [4.78, 5) is 0. The molecule has 0 aliphatic heterocycles. The number of hydrogen-bond donors (Lipinski definition) is 1. The highest BCUT2D eigenvalue weighted by Crippen LogP contribution is 2.21. The number of ether oxygens (including phenoxy) is 1. The maximum absolute atomic E-state index is 5.17. The first kappa shape index (κ1) is 11.5. The van der Waals surface area contributed by atoms with Gasteiger partial charge in [0.25, 0.3) is 0 Å². The van der Waals surface area contributed by atoms with Gasteiger partial charge < -0.3 is 10.1 Å². The molecule has 4 nitrogen and oxygen atoms in total. The molecule has 1 heterocycles. The van der Waals surface area contributed by atoms with Crippen LogP contribution in [-0.2, 0) is 13.6 Å². The molecule has 2 rings (SSSR count). The molecule has 0 aliphatic carbocycles. The molecule has 0 amide bonds. The SMILES string of the molecule is COc1ccc(NCc2ccn(C)n2)c(C)c1. The van der Waals surface area contributed by atoms with E-state index in [0.717, 1.165) is 23.7 Å². The third-order valence-electron chi connectivity index (χ3n) is 2.66. The van der Waals surface area contributed by atoms with Crippen LogP contribution in [0, 0.1) is 6.92 Å². The molecule has 0 saturated carbocycles. The zero-order valence-corrected chi connectivity index (χ0v) is 10.4. The average molecular weight is 231 g/mol. The highest BCUT2D eigenvalue weighted by molar-refractivity contribution is 5.53. The van der Waals surface area contributed by atoms with Gasteiger partial charge in [0.2, 0.25) is 0 Å². The quantitative estimate of drug-likeness (QED) is 0.878. The summed E-state index contributed by atoms with van der Waals surface area (Å²) in [6.45, 7) is 2.79. The second-order valence-electron chi connectivity index (χ2n) is 4.02. The number of anilines is 1. The van der Waals surface area contributed by atoms with Crippen molar-refractivity contribution in [3.63, 3.8) is 0 Å². The number of benzene rings is 1. The van der Waals surface area contributed by atoms with Crippen LogP contribution in [0.3, 0.4) is 0 Å². The van der Waals surface area contributed by atoms with Crippen molar-refractivity contribution in [2.24, 2.45) is 7.05 Å². The number of hydrogen-bond acceptors (Lipinski definition) is 3. The lowest BCUT2D eigenvalue weighted by molar-refractivity contribution is 0.414. The number of nitrogens with one attached hydrogen (secondary N) is 1. The number of nitrogens with zero attached hydrogens (tertiary/aromatic N) is 2. The van der Waals surface area contributed by atoms with Crippen molar-refractivity contribution >= 4 is 5.69 Å². The van der Waals surface area contributed by atoms with E-state index in [1.54, 1.807) is 11.8 Å². The van der Waals surface area contributed by atoms with E-state index >= 15 is 0 Å². The van der Waals surface area contributed by atoms with Gasteiger partial charge >= 0.3 is 0 Å². The summed E-state index contributed by atoms with van der Waals surface area (Å²) >= 11 is 0. The summed E-state index contributed by atoms with van der Waals surface area (Å²) in [5.74, 6) is 0.880. The summed E-state index contributed by atoms with van der Waals surface area (Å²) in [6, 6.07) is 8.00. The molecule has 1 N–H and O–H groups in total. The van der Waals surface area contributed by atoms with Gasteiger partial charge in [-0.05, 0) is 36.8 Å². The fourth-order valence-corrected chi connectivity index (χ4v) is 1.70. The second-order valence-corrected chi connectivity index (χ2v) is 4.02. The molecule has 0 saturated heterocycles. The van der Waals surface area contributed by atoms with Gasteiger partial charge in [0.1, 0.15) is 5.75 Å². The van der Waals surface area contributed by atoms with Crippen LogP contribution in [0.15, 0.2) is 30.5 Å². The Morgan fingerprint density at radius 2 is 2.18 bits per heavy atom. The third kappa shape index (κ3) is 2.78. The standard InChI is InChI=1S/C13H17N3O/c1-10-8-12(17-3)4-5-13(10)14-9-11-6-7-16(2)15-11/h4-8,14H,9H2,1-3H3. The summed E-state index contributed by atoms with van der Waals surface area (Å²) in [7, 11) is 3.60. The third-order valence-corrected chi connectivity index (χ3v) is 2.66. The van der Waals surface area contributed by atoms with E-state index in [2.05, 4.69) is 17.3 Å². The van der Waals surface area contributed by atoms with Crippen molar-refractivity contribution in [1.29, 1.82) is 0 Å². The number of aromatic nitrogens is 2. The van der Waals surface area contributed by atoms with Gasteiger partial charge in [-0.1, -0.05) is 0 Å². The number of methoxy groups -OCH3 is 1. The van der Waals surface area contributed by atoms with E-state index in [9.17, 15) is 0 Å². The van der Waals surface area contributed by atoms with Crippen LogP contribution in [-0.4, -0.2) is 16.9 Å². The minimum atomic E-state index is 0.730. The molecule has 0 atom stereocenters. The summed E-state index contributed by atoms with van der Waals surface area (Å²) < 4.78 is 6.98. The Balaban J connectivity index is 2.04. The van der Waals surface area contributed by atoms with Crippen molar-refractivity contribution in [1.82, 2.24) is 9.78 Å². The van der Waals surface area contributed by atoms with Crippen molar-refractivity contribution in [2.75, 3.05) is 12.4 Å². The molecular formula is C13H17N3O. The lowest BCUT2D eigenvalue weighted by Gasteiger charge is -2.09. The van der Waals surface area contributed by atoms with E-state index in [-0.39, 0.29) is 0 Å². The number of aryl methyl sites for hydroxylation is 2. The van der Waals surface area contributed by atoms with Crippen molar-refractivity contribution in [3.8, 4) is 5.75 Å². The Morgan fingerprint density at radius 1 is 1.35 bits per heavy atom. The predicted molar refractivity (Wildman–Crippen MR) is 68.3 cm³/mol. The van der Waals surface area contributed by atoms with Gasteiger partial charge in [0.05, 0.1) is 19.3 Å². The summed E-state index contributed by atoms with van der Waals surface area (Å²) in [6.07, 6.45) is 1.94. The Morgan fingerprint density at radius 3 is 2.76 bits per heavy atom. The Hall–Kier alpha value is -1.97. The molecule has 17 heavy (non-hydrogen) atoms. The van der Waals surface area contributed by atoms with E-state index in [0.29, 0.717) is 0 Å². The highest BCUT2D eigenvalue weighted by atomic mass is 16.5. The summed E-state index contributed by atoms with van der Waals surface area (Å²) in [5.41, 5.74) is 3.31. The predicted octanol–water partition coefficient (Wildman–Crippen LogP) is 2.35. The van der Waals surface area contributed by atoms with Gasteiger partial charge in [0, 0.05) is 18.9 Å². The lowest BCUT2D eigenvalue weighted by Crippen LogP contribution is -2.02. The molecular weight excluding hydrogens is 214 g/mol. The first-order valence-electron chi connectivity index (χ1n) is 5.56. The first-order chi connectivity index (χ1) is 8.19. The molecule has 0 unspecified atom stereocenters. The minimum absolute atomic E-state index is 0.730.